The van der Waals surface area contributed by atoms with Gasteiger partial charge in [-0.05, 0) is 24.6 Å². The van der Waals surface area contributed by atoms with Crippen molar-refractivity contribution in [1.29, 1.82) is 0 Å². The van der Waals surface area contributed by atoms with Crippen LogP contribution in [0.1, 0.15) is 12.5 Å². The molecule has 0 aromatic heterocycles. The molecule has 11 heteroatoms. The van der Waals surface area contributed by atoms with E-state index < -0.39 is 11.9 Å². The van der Waals surface area contributed by atoms with Crippen molar-refractivity contribution in [3.8, 4) is 11.5 Å². The van der Waals surface area contributed by atoms with Crippen LogP contribution in [0.5, 0.6) is 11.5 Å². The molecule has 3 rings (SSSR count). The van der Waals surface area contributed by atoms with Gasteiger partial charge in [0.05, 0.1) is 18.1 Å². The number of benzene rings is 2. The van der Waals surface area contributed by atoms with Gasteiger partial charge in [-0.3, -0.25) is 15.0 Å². The third-order valence-electron chi connectivity index (χ3n) is 4.53. The zero-order valence-corrected chi connectivity index (χ0v) is 18.1. The molecule has 0 saturated carbocycles. The first kappa shape index (κ1) is 25.6. The van der Waals surface area contributed by atoms with Crippen molar-refractivity contribution in [3.05, 3.63) is 64.2 Å². The lowest BCUT2D eigenvalue weighted by atomic mass is 10.1. The Hall–Kier alpha value is -3.70. The van der Waals surface area contributed by atoms with Gasteiger partial charge in [0.1, 0.15) is 12.7 Å². The average molecular weight is 462 g/mol. The van der Waals surface area contributed by atoms with E-state index in [1.165, 1.54) is 0 Å². The summed E-state index contributed by atoms with van der Waals surface area (Å²) in [5, 5.41) is 25.5. The van der Waals surface area contributed by atoms with E-state index in [0.29, 0.717) is 19.8 Å². The van der Waals surface area contributed by atoms with E-state index in [9.17, 15) is 10.1 Å². The zero-order valence-electron chi connectivity index (χ0n) is 18.1. The van der Waals surface area contributed by atoms with Crippen LogP contribution in [0.15, 0.2) is 48.5 Å². The van der Waals surface area contributed by atoms with E-state index >= 15 is 0 Å². The predicted molar refractivity (Wildman–Crippen MR) is 116 cm³/mol. The molecule has 178 valence electrons. The fraction of sp³-hybridized carbons (Fsp3) is 0.364. The van der Waals surface area contributed by atoms with E-state index in [-0.39, 0.29) is 16.7 Å². The molecule has 2 N–H and O–H groups in total. The summed E-state index contributed by atoms with van der Waals surface area (Å²) in [5.74, 6) is -2.20. The quantitative estimate of drug-likeness (QED) is 0.340. The summed E-state index contributed by atoms with van der Waals surface area (Å²) in [6.45, 7) is 5.90. The highest BCUT2D eigenvalue weighted by Gasteiger charge is 2.22. The number of para-hydroxylation sites is 2. The summed E-state index contributed by atoms with van der Waals surface area (Å²) < 4.78 is 17.3. The SMILES string of the molecule is CCOc1ccccc1OCC1CN(Cc2ccc([N+](=O)[O-])cc2)CCO1.O=C(O)C(=O)O. The van der Waals surface area contributed by atoms with Gasteiger partial charge in [0, 0.05) is 31.8 Å². The number of rotatable bonds is 8. The van der Waals surface area contributed by atoms with Crippen molar-refractivity contribution in [2.75, 3.05) is 32.9 Å². The van der Waals surface area contributed by atoms with Gasteiger partial charge in [0.15, 0.2) is 11.5 Å². The number of nitrogens with zero attached hydrogens (tertiary/aromatic N) is 2. The molecule has 1 saturated heterocycles. The Morgan fingerprint density at radius 2 is 1.70 bits per heavy atom. The minimum absolute atomic E-state index is 0.0357. The van der Waals surface area contributed by atoms with Crippen LogP contribution in [0.4, 0.5) is 5.69 Å². The lowest BCUT2D eigenvalue weighted by Crippen LogP contribution is -2.44. The Bertz CT molecular complexity index is 922. The summed E-state index contributed by atoms with van der Waals surface area (Å²) in [6, 6.07) is 14.3. The number of carboxylic acids is 2. The standard InChI is InChI=1S/C20H24N2O5.C2H2O4/c1-2-25-19-5-3-4-6-20(19)27-15-18-14-21(11-12-26-18)13-16-7-9-17(10-8-16)22(23)24;3-1(4)2(5)6/h3-10,18H,2,11-15H2,1H3;(H,3,4)(H,5,6). The van der Waals surface area contributed by atoms with E-state index in [1.807, 2.05) is 31.2 Å². The molecule has 1 heterocycles. The third kappa shape index (κ3) is 8.75. The van der Waals surface area contributed by atoms with Crippen LogP contribution in [0, 0.1) is 10.1 Å². The van der Waals surface area contributed by atoms with E-state index in [2.05, 4.69) is 4.90 Å². The number of nitro benzene ring substituents is 1. The minimum atomic E-state index is -1.82. The summed E-state index contributed by atoms with van der Waals surface area (Å²) in [6.07, 6.45) is -0.0357. The van der Waals surface area contributed by atoms with Gasteiger partial charge >= 0.3 is 11.9 Å². The number of hydrogen-bond acceptors (Lipinski definition) is 8. The van der Waals surface area contributed by atoms with Crippen LogP contribution in [-0.4, -0.2) is 71.0 Å². The fourth-order valence-electron chi connectivity index (χ4n) is 3.03. The zero-order chi connectivity index (χ0) is 24.2. The first-order valence-corrected chi connectivity index (χ1v) is 10.2. The van der Waals surface area contributed by atoms with Gasteiger partial charge in [-0.1, -0.05) is 24.3 Å². The molecule has 1 fully saturated rings. The second-order valence-corrected chi connectivity index (χ2v) is 6.95. The normalized spacial score (nSPS) is 15.6. The lowest BCUT2D eigenvalue weighted by molar-refractivity contribution is -0.384. The molecule has 0 aliphatic carbocycles. The lowest BCUT2D eigenvalue weighted by Gasteiger charge is -2.32. The van der Waals surface area contributed by atoms with Crippen LogP contribution >= 0.6 is 0 Å². The Balaban J connectivity index is 0.000000569. The monoisotopic (exact) mass is 462 g/mol. The first-order chi connectivity index (χ1) is 15.8. The van der Waals surface area contributed by atoms with Gasteiger partial charge in [0.25, 0.3) is 5.69 Å². The van der Waals surface area contributed by atoms with Crippen LogP contribution in [0.2, 0.25) is 0 Å². The van der Waals surface area contributed by atoms with Gasteiger partial charge in [-0.2, -0.15) is 0 Å². The molecule has 1 aliphatic rings. The third-order valence-corrected chi connectivity index (χ3v) is 4.53. The summed E-state index contributed by atoms with van der Waals surface area (Å²) in [7, 11) is 0. The van der Waals surface area contributed by atoms with E-state index in [4.69, 9.17) is 34.0 Å². The van der Waals surface area contributed by atoms with Crippen molar-refractivity contribution in [3.63, 3.8) is 0 Å². The van der Waals surface area contributed by atoms with Gasteiger partial charge in [0.2, 0.25) is 0 Å². The maximum absolute atomic E-state index is 10.8. The van der Waals surface area contributed by atoms with Crippen molar-refractivity contribution < 1.29 is 38.9 Å². The molecule has 1 aliphatic heterocycles. The van der Waals surface area contributed by atoms with Gasteiger partial charge < -0.3 is 24.4 Å². The minimum Gasteiger partial charge on any atom is -0.490 e. The smallest absolute Gasteiger partial charge is 0.414 e. The Labute approximate surface area is 190 Å². The van der Waals surface area contributed by atoms with Crippen molar-refractivity contribution in [1.82, 2.24) is 4.90 Å². The molecule has 1 atom stereocenters. The van der Waals surface area contributed by atoms with E-state index in [1.54, 1.807) is 24.3 Å². The number of non-ortho nitro benzene ring substituents is 1. The molecule has 33 heavy (non-hydrogen) atoms. The fourth-order valence-corrected chi connectivity index (χ4v) is 3.03. The van der Waals surface area contributed by atoms with Gasteiger partial charge in [-0.25, -0.2) is 9.59 Å². The van der Waals surface area contributed by atoms with Crippen molar-refractivity contribution in [2.45, 2.75) is 19.6 Å². The number of carboxylic acid groups (broad SMARTS) is 2. The second kappa shape index (κ2) is 13.0. The topological polar surface area (TPSA) is 149 Å². The molecular weight excluding hydrogens is 436 g/mol. The molecule has 0 bridgehead atoms. The molecule has 2 aromatic rings. The average Bonchev–Trinajstić information content (AvgIpc) is 2.80. The molecule has 11 nitrogen and oxygen atoms in total. The Kier molecular flexibility index (Phi) is 10.1. The molecular formula is C22H26N2O9. The number of morpholine rings is 1. The highest BCUT2D eigenvalue weighted by molar-refractivity contribution is 6.27. The maximum atomic E-state index is 10.8. The summed E-state index contributed by atoms with van der Waals surface area (Å²) in [4.78, 5) is 30.8. The number of aliphatic carboxylic acids is 2. The van der Waals surface area contributed by atoms with Crippen molar-refractivity contribution in [2.24, 2.45) is 0 Å². The highest BCUT2D eigenvalue weighted by Crippen LogP contribution is 2.27. The van der Waals surface area contributed by atoms with Crippen LogP contribution < -0.4 is 9.47 Å². The summed E-state index contributed by atoms with van der Waals surface area (Å²) >= 11 is 0. The molecule has 1 unspecified atom stereocenters. The highest BCUT2D eigenvalue weighted by atomic mass is 16.6. The Morgan fingerprint density at radius 3 is 2.24 bits per heavy atom. The van der Waals surface area contributed by atoms with E-state index in [0.717, 1.165) is 36.7 Å². The molecule has 2 aromatic carbocycles. The molecule has 0 radical (unpaired) electrons. The number of ether oxygens (including phenoxy) is 3. The molecule has 0 amide bonds. The predicted octanol–water partition coefficient (Wildman–Crippen LogP) is 2.43. The molecule has 0 spiro atoms. The second-order valence-electron chi connectivity index (χ2n) is 6.95. The first-order valence-electron chi connectivity index (χ1n) is 10.2. The largest absolute Gasteiger partial charge is 0.490 e. The maximum Gasteiger partial charge on any atom is 0.414 e. The number of nitro groups is 1. The van der Waals surface area contributed by atoms with Crippen LogP contribution in [0.3, 0.4) is 0 Å². The Morgan fingerprint density at radius 1 is 1.09 bits per heavy atom. The summed E-state index contributed by atoms with van der Waals surface area (Å²) in [5.41, 5.74) is 1.16. The van der Waals surface area contributed by atoms with Crippen LogP contribution in [0.25, 0.3) is 0 Å². The van der Waals surface area contributed by atoms with Gasteiger partial charge in [-0.15, -0.1) is 0 Å². The van der Waals surface area contributed by atoms with Crippen LogP contribution in [-0.2, 0) is 20.9 Å². The number of hydrogen-bond donors (Lipinski definition) is 2. The number of carbonyl (C=O) groups is 2. The van der Waals surface area contributed by atoms with Crippen molar-refractivity contribution >= 4 is 17.6 Å².